The monoisotopic (exact) mass is 368 g/mol. The number of hydrogen-bond acceptors (Lipinski definition) is 3. The summed E-state index contributed by atoms with van der Waals surface area (Å²) in [5.74, 6) is 0.583. The molecule has 0 radical (unpaired) electrons. The lowest BCUT2D eigenvalue weighted by Crippen LogP contribution is -2.46. The summed E-state index contributed by atoms with van der Waals surface area (Å²) in [6.07, 6.45) is 4.09. The summed E-state index contributed by atoms with van der Waals surface area (Å²) in [6.45, 7) is 1.26. The van der Waals surface area contributed by atoms with Gasteiger partial charge in [0.15, 0.2) is 0 Å². The van der Waals surface area contributed by atoms with Crippen molar-refractivity contribution in [1.29, 1.82) is 0 Å². The van der Waals surface area contributed by atoms with Crippen LogP contribution in [0.25, 0.3) is 0 Å². The van der Waals surface area contributed by atoms with E-state index in [-0.39, 0.29) is 23.8 Å². The Bertz CT molecular complexity index is 756. The second-order valence-corrected chi connectivity index (χ2v) is 8.25. The molecule has 1 saturated heterocycles. The Morgan fingerprint density at radius 3 is 2.58 bits per heavy atom. The van der Waals surface area contributed by atoms with Crippen molar-refractivity contribution >= 4 is 23.2 Å². The zero-order valence-corrected chi connectivity index (χ0v) is 15.6. The van der Waals surface area contributed by atoms with Gasteiger partial charge in [0.1, 0.15) is 0 Å². The maximum atomic E-state index is 12.9. The first-order chi connectivity index (χ1) is 12.7. The lowest BCUT2D eigenvalue weighted by molar-refractivity contribution is -0.127. The molecule has 1 aliphatic heterocycles. The molecule has 136 valence electrons. The van der Waals surface area contributed by atoms with E-state index in [1.165, 1.54) is 29.7 Å². The third-order valence-electron chi connectivity index (χ3n) is 5.36. The molecule has 0 bridgehead atoms. The lowest BCUT2D eigenvalue weighted by atomic mass is 9.95. The molecule has 4 rings (SSSR count). The fourth-order valence-corrected chi connectivity index (χ4v) is 4.46. The summed E-state index contributed by atoms with van der Waals surface area (Å²) in [4.78, 5) is 28.1. The molecule has 1 aliphatic carbocycles. The molecule has 1 saturated carbocycles. The van der Waals surface area contributed by atoms with Gasteiger partial charge in [-0.15, -0.1) is 11.3 Å². The van der Waals surface area contributed by atoms with Crippen LogP contribution in [0.5, 0.6) is 0 Å². The third kappa shape index (κ3) is 3.83. The first kappa shape index (κ1) is 17.3. The van der Waals surface area contributed by atoms with Crippen LogP contribution >= 0.6 is 11.3 Å². The smallest absolute Gasteiger partial charge is 0.263 e. The van der Waals surface area contributed by atoms with Gasteiger partial charge in [0.25, 0.3) is 5.91 Å². The fourth-order valence-electron chi connectivity index (χ4n) is 3.77. The first-order valence-corrected chi connectivity index (χ1v) is 10.3. The van der Waals surface area contributed by atoms with Gasteiger partial charge in [-0.3, -0.25) is 9.59 Å². The van der Waals surface area contributed by atoms with Gasteiger partial charge in [-0.25, -0.2) is 0 Å². The van der Waals surface area contributed by atoms with Crippen LogP contribution in [0, 0.1) is 11.8 Å². The van der Waals surface area contributed by atoms with Crippen molar-refractivity contribution in [3.63, 3.8) is 0 Å². The van der Waals surface area contributed by atoms with Crippen LogP contribution in [0.2, 0.25) is 0 Å². The van der Waals surface area contributed by atoms with Gasteiger partial charge in [0, 0.05) is 13.1 Å². The number of likely N-dealkylation sites (tertiary alicyclic amines) is 1. The van der Waals surface area contributed by atoms with Gasteiger partial charge in [-0.1, -0.05) is 36.4 Å². The number of benzene rings is 1. The van der Waals surface area contributed by atoms with E-state index in [1.807, 2.05) is 40.6 Å². The molecule has 2 aliphatic rings. The van der Waals surface area contributed by atoms with Crippen LogP contribution in [0.3, 0.4) is 0 Å². The highest BCUT2D eigenvalue weighted by atomic mass is 32.1. The highest BCUT2D eigenvalue weighted by Crippen LogP contribution is 2.41. The zero-order chi connectivity index (χ0) is 17.9. The summed E-state index contributed by atoms with van der Waals surface area (Å²) in [6, 6.07) is 14.1. The van der Waals surface area contributed by atoms with Crippen molar-refractivity contribution in [3.05, 3.63) is 58.3 Å². The van der Waals surface area contributed by atoms with Crippen LogP contribution in [0.1, 0.15) is 47.0 Å². The number of rotatable bonds is 5. The van der Waals surface area contributed by atoms with Gasteiger partial charge in [0.05, 0.1) is 16.8 Å². The van der Waals surface area contributed by atoms with Crippen molar-refractivity contribution in [1.82, 2.24) is 10.2 Å². The van der Waals surface area contributed by atoms with Gasteiger partial charge < -0.3 is 10.2 Å². The number of carbonyl (C=O) groups is 2. The van der Waals surface area contributed by atoms with E-state index in [2.05, 4.69) is 17.4 Å². The van der Waals surface area contributed by atoms with Gasteiger partial charge >= 0.3 is 0 Å². The Kier molecular flexibility index (Phi) is 5.07. The summed E-state index contributed by atoms with van der Waals surface area (Å²) in [5.41, 5.74) is 1.19. The molecule has 2 atom stereocenters. The topological polar surface area (TPSA) is 49.4 Å². The molecule has 4 nitrogen and oxygen atoms in total. The van der Waals surface area contributed by atoms with Gasteiger partial charge in [-0.05, 0) is 48.6 Å². The Balaban J connectivity index is 1.41. The van der Waals surface area contributed by atoms with Crippen LogP contribution in [0.4, 0.5) is 0 Å². The molecule has 1 aromatic heterocycles. The number of piperidine rings is 1. The molecule has 0 unspecified atom stereocenters. The summed E-state index contributed by atoms with van der Waals surface area (Å²) in [7, 11) is 0. The number of nitrogens with one attached hydrogen (secondary N) is 1. The van der Waals surface area contributed by atoms with E-state index in [1.54, 1.807) is 0 Å². The molecule has 2 heterocycles. The number of carbonyl (C=O) groups excluding carboxylic acids is 2. The first-order valence-electron chi connectivity index (χ1n) is 9.40. The summed E-state index contributed by atoms with van der Waals surface area (Å²) in [5, 5.41) is 5.20. The Labute approximate surface area is 158 Å². The van der Waals surface area contributed by atoms with E-state index in [9.17, 15) is 9.59 Å². The van der Waals surface area contributed by atoms with Crippen molar-refractivity contribution in [2.24, 2.45) is 11.8 Å². The van der Waals surface area contributed by atoms with Crippen LogP contribution < -0.4 is 5.32 Å². The fraction of sp³-hybridized carbons (Fsp3) is 0.429. The number of amides is 2. The molecule has 2 fully saturated rings. The molecule has 26 heavy (non-hydrogen) atoms. The largest absolute Gasteiger partial charge is 0.349 e. The Morgan fingerprint density at radius 2 is 1.88 bits per heavy atom. The quantitative estimate of drug-likeness (QED) is 0.871. The molecule has 2 amide bonds. The van der Waals surface area contributed by atoms with Crippen LogP contribution in [0.15, 0.2) is 47.8 Å². The maximum Gasteiger partial charge on any atom is 0.263 e. The molecule has 1 aromatic carbocycles. The van der Waals surface area contributed by atoms with Crippen LogP contribution in [-0.2, 0) is 4.79 Å². The minimum atomic E-state index is -0.113. The number of nitrogens with zero attached hydrogens (tertiary/aromatic N) is 1. The molecular formula is C21H24N2O2S. The molecule has 1 N–H and O–H groups in total. The standard InChI is InChI=1S/C21H24N2O2S/c24-20(22-19(16-10-11-16)15-6-2-1-3-7-15)17-8-4-12-23(14-17)21(25)18-9-5-13-26-18/h1-3,5-7,9,13,16-17,19H,4,8,10-12,14H2,(H,22,24)/t17-,19-/m1/s1. The second kappa shape index (κ2) is 7.62. The predicted molar refractivity (Wildman–Crippen MR) is 103 cm³/mol. The number of hydrogen-bond donors (Lipinski definition) is 1. The SMILES string of the molecule is O=C(N[C@H](c1ccccc1)C1CC1)[C@@H]1CCCN(C(=O)c2cccs2)C1. The highest BCUT2D eigenvalue weighted by molar-refractivity contribution is 7.12. The molecule has 0 spiro atoms. The summed E-state index contributed by atoms with van der Waals surface area (Å²) < 4.78 is 0. The predicted octanol–water partition coefficient (Wildman–Crippen LogP) is 3.87. The Morgan fingerprint density at radius 1 is 1.08 bits per heavy atom. The average molecular weight is 369 g/mol. The zero-order valence-electron chi connectivity index (χ0n) is 14.8. The maximum absolute atomic E-state index is 12.9. The van der Waals surface area contributed by atoms with E-state index >= 15 is 0 Å². The van der Waals surface area contributed by atoms with Crippen molar-refractivity contribution in [2.75, 3.05) is 13.1 Å². The molecular weight excluding hydrogens is 344 g/mol. The van der Waals surface area contributed by atoms with E-state index in [4.69, 9.17) is 0 Å². The van der Waals surface area contributed by atoms with Gasteiger partial charge in [-0.2, -0.15) is 0 Å². The van der Waals surface area contributed by atoms with Crippen molar-refractivity contribution < 1.29 is 9.59 Å². The minimum absolute atomic E-state index is 0.0549. The number of thiophene rings is 1. The lowest BCUT2D eigenvalue weighted by Gasteiger charge is -2.33. The van der Waals surface area contributed by atoms with Crippen molar-refractivity contribution in [3.8, 4) is 0 Å². The molecule has 5 heteroatoms. The van der Waals surface area contributed by atoms with Crippen molar-refractivity contribution in [2.45, 2.75) is 31.7 Å². The normalized spacial score (nSPS) is 21.2. The molecule has 2 aromatic rings. The van der Waals surface area contributed by atoms with E-state index < -0.39 is 0 Å². The average Bonchev–Trinajstić information content (AvgIpc) is 3.39. The summed E-state index contributed by atoms with van der Waals surface area (Å²) >= 11 is 1.46. The minimum Gasteiger partial charge on any atom is -0.349 e. The van der Waals surface area contributed by atoms with E-state index in [0.29, 0.717) is 12.5 Å². The Hall–Kier alpha value is -2.14. The highest BCUT2D eigenvalue weighted by Gasteiger charge is 2.36. The third-order valence-corrected chi connectivity index (χ3v) is 6.22. The van der Waals surface area contributed by atoms with Crippen LogP contribution in [-0.4, -0.2) is 29.8 Å². The van der Waals surface area contributed by atoms with E-state index in [0.717, 1.165) is 24.3 Å². The van der Waals surface area contributed by atoms with Gasteiger partial charge in [0.2, 0.25) is 5.91 Å². The second-order valence-electron chi connectivity index (χ2n) is 7.30.